The summed E-state index contributed by atoms with van der Waals surface area (Å²) in [5.41, 5.74) is 5.14. The molecule has 0 radical (unpaired) electrons. The van der Waals surface area contributed by atoms with E-state index >= 15 is 0 Å². The number of hydrogen-bond acceptors (Lipinski definition) is 9. The number of hydroxylamine groups is 1. The summed E-state index contributed by atoms with van der Waals surface area (Å²) in [6.07, 6.45) is 8.95. The van der Waals surface area contributed by atoms with Crippen LogP contribution in [-0.2, 0) is 16.1 Å². The Kier molecular flexibility index (Phi) is 7.30. The van der Waals surface area contributed by atoms with Gasteiger partial charge in [0.15, 0.2) is 17.6 Å². The van der Waals surface area contributed by atoms with Crippen molar-refractivity contribution in [1.82, 2.24) is 35.3 Å². The van der Waals surface area contributed by atoms with Crippen LogP contribution in [0.3, 0.4) is 0 Å². The van der Waals surface area contributed by atoms with Crippen molar-refractivity contribution in [3.05, 3.63) is 29.3 Å². The molecule has 3 aromatic heterocycles. The van der Waals surface area contributed by atoms with Gasteiger partial charge < -0.3 is 19.0 Å². The normalized spacial score (nSPS) is 25.4. The molecule has 2 atom stereocenters. The Hall–Kier alpha value is -3.02. The average molecular weight is 569 g/mol. The SMILES string of the molecule is COC(C)(C)C1CCCN1c1nc2nc(C3NOC(=O)N3)nc(-c3cncc(Cl)c3)c2n1CC1CCC(C)CC1. The zero-order valence-electron chi connectivity index (χ0n) is 23.5. The zero-order chi connectivity index (χ0) is 28.0. The van der Waals surface area contributed by atoms with E-state index in [1.807, 2.05) is 6.07 Å². The number of hydrogen-bond donors (Lipinski definition) is 2. The maximum Gasteiger partial charge on any atom is 0.427 e. The summed E-state index contributed by atoms with van der Waals surface area (Å²) >= 11 is 6.40. The lowest BCUT2D eigenvalue weighted by atomic mass is 9.83. The number of fused-ring (bicyclic) bond motifs is 1. The molecule has 2 aliphatic heterocycles. The quantitative estimate of drug-likeness (QED) is 0.405. The van der Waals surface area contributed by atoms with E-state index < -0.39 is 12.3 Å². The van der Waals surface area contributed by atoms with Crippen molar-refractivity contribution < 1.29 is 14.4 Å². The van der Waals surface area contributed by atoms with Gasteiger partial charge in [-0.25, -0.2) is 14.8 Å². The number of amides is 1. The van der Waals surface area contributed by atoms with Crippen molar-refractivity contribution in [3.8, 4) is 11.3 Å². The Morgan fingerprint density at radius 3 is 2.65 bits per heavy atom. The van der Waals surface area contributed by atoms with Crippen LogP contribution in [0.1, 0.15) is 71.3 Å². The molecule has 12 heteroatoms. The summed E-state index contributed by atoms with van der Waals surface area (Å²) in [5.74, 6) is 2.52. The van der Waals surface area contributed by atoms with Crippen molar-refractivity contribution in [1.29, 1.82) is 0 Å². The van der Waals surface area contributed by atoms with Crippen LogP contribution in [0.5, 0.6) is 0 Å². The highest BCUT2D eigenvalue weighted by Crippen LogP contribution is 2.39. The van der Waals surface area contributed by atoms with E-state index in [0.717, 1.165) is 48.9 Å². The molecule has 1 amide bonds. The third-order valence-electron chi connectivity index (χ3n) is 8.78. The first kappa shape index (κ1) is 27.2. The van der Waals surface area contributed by atoms with Crippen LogP contribution in [0, 0.1) is 11.8 Å². The first-order valence-corrected chi connectivity index (χ1v) is 14.5. The molecule has 40 heavy (non-hydrogen) atoms. The van der Waals surface area contributed by atoms with Crippen LogP contribution < -0.4 is 15.7 Å². The Morgan fingerprint density at radius 2 is 1.95 bits per heavy atom. The number of aromatic nitrogens is 5. The number of methoxy groups -OCH3 is 1. The van der Waals surface area contributed by atoms with Crippen LogP contribution >= 0.6 is 11.6 Å². The van der Waals surface area contributed by atoms with E-state index in [1.54, 1.807) is 19.5 Å². The molecule has 2 unspecified atom stereocenters. The summed E-state index contributed by atoms with van der Waals surface area (Å²) in [4.78, 5) is 38.4. The van der Waals surface area contributed by atoms with Crippen molar-refractivity contribution in [3.63, 3.8) is 0 Å². The van der Waals surface area contributed by atoms with Gasteiger partial charge in [0.2, 0.25) is 5.95 Å². The highest BCUT2D eigenvalue weighted by atomic mass is 35.5. The molecule has 1 saturated carbocycles. The first-order valence-electron chi connectivity index (χ1n) is 14.2. The second kappa shape index (κ2) is 10.8. The fraction of sp³-hybridized carbons (Fsp3) is 0.607. The average Bonchev–Trinajstić information content (AvgIpc) is 3.68. The molecule has 11 nitrogen and oxygen atoms in total. The van der Waals surface area contributed by atoms with Gasteiger partial charge in [0.25, 0.3) is 0 Å². The largest absolute Gasteiger partial charge is 0.427 e. The van der Waals surface area contributed by atoms with Gasteiger partial charge in [0.1, 0.15) is 11.2 Å². The maximum atomic E-state index is 11.8. The molecule has 214 valence electrons. The summed E-state index contributed by atoms with van der Waals surface area (Å²) < 4.78 is 8.28. The van der Waals surface area contributed by atoms with E-state index in [0.29, 0.717) is 28.1 Å². The highest BCUT2D eigenvalue weighted by Gasteiger charge is 2.41. The number of nitrogens with zero attached hydrogens (tertiary/aromatic N) is 6. The lowest BCUT2D eigenvalue weighted by Gasteiger charge is -2.37. The van der Waals surface area contributed by atoms with Crippen molar-refractivity contribution in [2.75, 3.05) is 18.6 Å². The number of carbonyl (C=O) groups excluding carboxylic acids is 1. The molecule has 6 rings (SSSR count). The maximum absolute atomic E-state index is 11.8. The van der Waals surface area contributed by atoms with Crippen LogP contribution in [0.4, 0.5) is 10.7 Å². The van der Waals surface area contributed by atoms with Crippen molar-refractivity contribution >= 4 is 34.8 Å². The predicted molar refractivity (Wildman–Crippen MR) is 152 cm³/mol. The summed E-state index contributed by atoms with van der Waals surface area (Å²) in [6.45, 7) is 8.32. The van der Waals surface area contributed by atoms with E-state index in [9.17, 15) is 4.79 Å². The Labute approximate surface area is 239 Å². The monoisotopic (exact) mass is 568 g/mol. The molecule has 1 aliphatic carbocycles. The van der Waals surface area contributed by atoms with Crippen molar-refractivity contribution in [2.45, 2.75) is 83.6 Å². The minimum absolute atomic E-state index is 0.160. The lowest BCUT2D eigenvalue weighted by molar-refractivity contribution is 0.00151. The molecular weight excluding hydrogens is 532 g/mol. The Bertz CT molecular complexity index is 1400. The van der Waals surface area contributed by atoms with Gasteiger partial charge in [-0.1, -0.05) is 31.4 Å². The molecule has 3 aromatic rings. The van der Waals surface area contributed by atoms with Crippen LogP contribution in [-0.4, -0.2) is 55.9 Å². The summed E-state index contributed by atoms with van der Waals surface area (Å²) in [5, 5.41) is 3.21. The van der Waals surface area contributed by atoms with Gasteiger partial charge in [0, 0.05) is 38.2 Å². The molecule has 0 spiro atoms. The Balaban J connectivity index is 1.55. The minimum Gasteiger partial charge on any atom is -0.377 e. The fourth-order valence-electron chi connectivity index (χ4n) is 6.35. The van der Waals surface area contributed by atoms with Gasteiger partial charge in [-0.05, 0) is 57.4 Å². The number of ether oxygens (including phenoxy) is 1. The van der Waals surface area contributed by atoms with Gasteiger partial charge in [0.05, 0.1) is 16.7 Å². The standard InChI is InChI=1S/C28H37ClN8O3/c1-16-7-9-17(10-8-16)15-37-22-21(18-12-19(29)14-30-13-18)31-24(25-34-27(38)40-35-25)32-23(22)33-26(37)36-11-5-6-20(36)28(2,3)39-4/h12-14,16-17,20,25,35H,5-11,15H2,1-4H3,(H,34,38). The van der Waals surface area contributed by atoms with Gasteiger partial charge in [-0.15, -0.1) is 5.48 Å². The number of imidazole rings is 1. The molecule has 3 fully saturated rings. The number of rotatable bonds is 7. The molecule has 3 aliphatic rings. The number of anilines is 1. The molecule has 2 N–H and O–H groups in total. The van der Waals surface area contributed by atoms with Gasteiger partial charge >= 0.3 is 6.09 Å². The van der Waals surface area contributed by atoms with E-state index in [2.05, 4.69) is 46.0 Å². The summed E-state index contributed by atoms with van der Waals surface area (Å²) in [6, 6.07) is 2.01. The number of pyridine rings is 1. The second-order valence-electron chi connectivity index (χ2n) is 11.9. The number of halogens is 1. The minimum atomic E-state index is -0.705. The van der Waals surface area contributed by atoms with Crippen LogP contribution in [0.2, 0.25) is 5.02 Å². The topological polar surface area (TPSA) is 119 Å². The molecule has 5 heterocycles. The van der Waals surface area contributed by atoms with Gasteiger partial charge in [-0.2, -0.15) is 4.98 Å². The molecule has 0 aromatic carbocycles. The zero-order valence-corrected chi connectivity index (χ0v) is 24.2. The third-order valence-corrected chi connectivity index (χ3v) is 8.99. The van der Waals surface area contributed by atoms with E-state index in [4.69, 9.17) is 36.1 Å². The van der Waals surface area contributed by atoms with E-state index in [1.165, 1.54) is 25.7 Å². The highest BCUT2D eigenvalue weighted by molar-refractivity contribution is 6.30. The Morgan fingerprint density at radius 1 is 1.15 bits per heavy atom. The first-order chi connectivity index (χ1) is 19.2. The third kappa shape index (κ3) is 5.10. The van der Waals surface area contributed by atoms with Crippen molar-refractivity contribution in [2.24, 2.45) is 11.8 Å². The fourth-order valence-corrected chi connectivity index (χ4v) is 6.52. The van der Waals surface area contributed by atoms with Crippen LogP contribution in [0.25, 0.3) is 22.4 Å². The van der Waals surface area contributed by atoms with Gasteiger partial charge in [-0.3, -0.25) is 10.3 Å². The number of nitrogens with one attached hydrogen (secondary N) is 2. The summed E-state index contributed by atoms with van der Waals surface area (Å²) in [7, 11) is 1.77. The van der Waals surface area contributed by atoms with E-state index in [-0.39, 0.29) is 11.6 Å². The smallest absolute Gasteiger partial charge is 0.377 e. The predicted octanol–water partition coefficient (Wildman–Crippen LogP) is 5.00. The van der Waals surface area contributed by atoms with Crippen LogP contribution in [0.15, 0.2) is 18.5 Å². The molecular formula is C28H37ClN8O3. The number of carbonyl (C=O) groups is 1. The lowest BCUT2D eigenvalue weighted by Crippen LogP contribution is -2.48. The second-order valence-corrected chi connectivity index (χ2v) is 12.3. The molecule has 2 saturated heterocycles. The molecule has 0 bridgehead atoms.